The summed E-state index contributed by atoms with van der Waals surface area (Å²) in [5, 5.41) is 8.01. The number of halogens is 1. The van der Waals surface area contributed by atoms with Crippen molar-refractivity contribution in [2.24, 2.45) is 0 Å². The second kappa shape index (κ2) is 11.6. The number of nitrogens with zero attached hydrogens (tertiary/aromatic N) is 2. The van der Waals surface area contributed by atoms with Crippen molar-refractivity contribution in [2.45, 2.75) is 27.0 Å². The van der Waals surface area contributed by atoms with Gasteiger partial charge >= 0.3 is 0 Å². The minimum Gasteiger partial charge on any atom is -0.496 e. The number of carbonyl (C=O) groups excluding carboxylic acids is 1. The van der Waals surface area contributed by atoms with E-state index >= 15 is 0 Å². The van der Waals surface area contributed by atoms with Crippen molar-refractivity contribution in [3.05, 3.63) is 112 Å². The topological polar surface area (TPSA) is 65.4 Å². The highest BCUT2D eigenvalue weighted by atomic mass is 35.5. The Morgan fingerprint density at radius 3 is 2.64 bits per heavy atom. The number of aryl methyl sites for hydroxylation is 2. The molecule has 6 nitrogen and oxygen atoms in total. The first kappa shape index (κ1) is 25.1. The molecule has 36 heavy (non-hydrogen) atoms. The molecule has 7 heteroatoms. The zero-order chi connectivity index (χ0) is 25.5. The molecule has 1 heterocycles. The summed E-state index contributed by atoms with van der Waals surface area (Å²) in [7, 11) is 1.63. The highest BCUT2D eigenvalue weighted by Crippen LogP contribution is 2.24. The van der Waals surface area contributed by atoms with Crippen LogP contribution in [0.4, 0.5) is 5.82 Å². The number of amides is 1. The predicted molar refractivity (Wildman–Crippen MR) is 144 cm³/mol. The summed E-state index contributed by atoms with van der Waals surface area (Å²) in [6, 6.07) is 23.0. The Balaban J connectivity index is 1.40. The number of rotatable bonds is 9. The molecule has 1 N–H and O–H groups in total. The minimum atomic E-state index is -0.268. The van der Waals surface area contributed by atoms with Gasteiger partial charge in [-0.25, -0.2) is 0 Å². The number of ether oxygens (including phenoxy) is 2. The van der Waals surface area contributed by atoms with Gasteiger partial charge in [-0.15, -0.1) is 0 Å². The van der Waals surface area contributed by atoms with Gasteiger partial charge in [-0.1, -0.05) is 48.0 Å². The molecule has 0 aliphatic carbocycles. The predicted octanol–water partition coefficient (Wildman–Crippen LogP) is 6.44. The van der Waals surface area contributed by atoms with Gasteiger partial charge in [-0.3, -0.25) is 9.48 Å². The maximum absolute atomic E-state index is 12.6. The third-order valence-corrected chi connectivity index (χ3v) is 5.90. The lowest BCUT2D eigenvalue weighted by atomic mass is 10.1. The molecule has 0 aliphatic heterocycles. The maximum Gasteiger partial charge on any atom is 0.249 e. The molecule has 184 valence electrons. The second-order valence-electron chi connectivity index (χ2n) is 8.41. The number of carbonyl (C=O) groups is 1. The fourth-order valence-corrected chi connectivity index (χ4v) is 3.98. The molecule has 0 bridgehead atoms. The van der Waals surface area contributed by atoms with Crippen LogP contribution in [0.3, 0.4) is 0 Å². The summed E-state index contributed by atoms with van der Waals surface area (Å²) < 4.78 is 13.3. The quantitative estimate of drug-likeness (QED) is 0.268. The molecule has 1 amide bonds. The molecular weight excluding hydrogens is 474 g/mol. The summed E-state index contributed by atoms with van der Waals surface area (Å²) in [5.41, 5.74) is 4.78. The van der Waals surface area contributed by atoms with E-state index in [1.165, 1.54) is 6.08 Å². The number of benzene rings is 3. The molecule has 0 atom stereocenters. The Morgan fingerprint density at radius 1 is 1.03 bits per heavy atom. The van der Waals surface area contributed by atoms with E-state index in [1.54, 1.807) is 13.2 Å². The smallest absolute Gasteiger partial charge is 0.249 e. The van der Waals surface area contributed by atoms with Crippen LogP contribution >= 0.6 is 11.6 Å². The minimum absolute atomic E-state index is 0.268. The molecule has 0 spiro atoms. The van der Waals surface area contributed by atoms with Crippen LogP contribution in [0, 0.1) is 13.8 Å². The lowest BCUT2D eigenvalue weighted by molar-refractivity contribution is -0.111. The van der Waals surface area contributed by atoms with E-state index in [4.69, 9.17) is 21.1 Å². The van der Waals surface area contributed by atoms with Crippen LogP contribution in [0.1, 0.15) is 27.9 Å². The second-order valence-corrected chi connectivity index (χ2v) is 8.84. The van der Waals surface area contributed by atoms with Gasteiger partial charge in [0.15, 0.2) is 5.82 Å². The third kappa shape index (κ3) is 6.55. The van der Waals surface area contributed by atoms with Crippen LogP contribution in [0.2, 0.25) is 5.02 Å². The van der Waals surface area contributed by atoms with Crippen LogP contribution in [-0.2, 0) is 17.9 Å². The van der Waals surface area contributed by atoms with E-state index in [0.717, 1.165) is 39.4 Å². The first-order valence-electron chi connectivity index (χ1n) is 11.5. The van der Waals surface area contributed by atoms with Gasteiger partial charge in [-0.05, 0) is 66.9 Å². The van der Waals surface area contributed by atoms with Gasteiger partial charge in [0.25, 0.3) is 0 Å². The van der Waals surface area contributed by atoms with E-state index in [9.17, 15) is 4.79 Å². The molecule has 0 aliphatic rings. The van der Waals surface area contributed by atoms with Crippen LogP contribution < -0.4 is 14.8 Å². The van der Waals surface area contributed by atoms with Crippen molar-refractivity contribution < 1.29 is 14.3 Å². The Bertz CT molecular complexity index is 1390. The Kier molecular flexibility index (Phi) is 8.08. The van der Waals surface area contributed by atoms with Crippen molar-refractivity contribution in [1.29, 1.82) is 0 Å². The molecule has 1 aromatic heterocycles. The first-order valence-corrected chi connectivity index (χ1v) is 11.9. The lowest BCUT2D eigenvalue weighted by Gasteiger charge is -2.12. The van der Waals surface area contributed by atoms with Crippen molar-refractivity contribution in [3.8, 4) is 11.5 Å². The van der Waals surface area contributed by atoms with Gasteiger partial charge in [0, 0.05) is 28.4 Å². The third-order valence-electron chi connectivity index (χ3n) is 5.66. The molecule has 3 aromatic carbocycles. The summed E-state index contributed by atoms with van der Waals surface area (Å²) in [4.78, 5) is 12.6. The van der Waals surface area contributed by atoms with E-state index in [1.807, 2.05) is 91.3 Å². The maximum atomic E-state index is 12.6. The van der Waals surface area contributed by atoms with E-state index in [-0.39, 0.29) is 5.91 Å². The summed E-state index contributed by atoms with van der Waals surface area (Å²) in [6.45, 7) is 4.87. The molecule has 4 rings (SSSR count). The highest BCUT2D eigenvalue weighted by molar-refractivity contribution is 6.30. The average molecular weight is 502 g/mol. The fourth-order valence-electron chi connectivity index (χ4n) is 3.77. The molecule has 0 saturated heterocycles. The first-order chi connectivity index (χ1) is 17.4. The van der Waals surface area contributed by atoms with Crippen LogP contribution in [0.15, 0.2) is 78.9 Å². The average Bonchev–Trinajstić information content (AvgIpc) is 3.20. The SMILES string of the molecule is COc1ccc(/C=C/C(=O)Nc2cc(C)n(Cc3cccc(Cl)c3)n2)cc1COc1ccccc1C. The number of methoxy groups -OCH3 is 1. The molecule has 0 radical (unpaired) electrons. The Hall–Kier alpha value is -4.03. The Labute approximate surface area is 216 Å². The van der Waals surface area contributed by atoms with Crippen LogP contribution in [-0.4, -0.2) is 22.8 Å². The molecular formula is C29H28ClN3O3. The van der Waals surface area contributed by atoms with Gasteiger partial charge in [0.1, 0.15) is 18.1 Å². The van der Waals surface area contributed by atoms with Crippen molar-refractivity contribution in [3.63, 3.8) is 0 Å². The molecule has 0 unspecified atom stereocenters. The summed E-state index contributed by atoms with van der Waals surface area (Å²) in [5.74, 6) is 1.78. The van der Waals surface area contributed by atoms with Crippen molar-refractivity contribution in [2.75, 3.05) is 12.4 Å². The van der Waals surface area contributed by atoms with Crippen LogP contribution in [0.5, 0.6) is 11.5 Å². The summed E-state index contributed by atoms with van der Waals surface area (Å²) in [6.07, 6.45) is 3.24. The van der Waals surface area contributed by atoms with E-state index in [2.05, 4.69) is 10.4 Å². The number of nitrogens with one attached hydrogen (secondary N) is 1. The number of hydrogen-bond acceptors (Lipinski definition) is 4. The molecule has 0 saturated carbocycles. The normalized spacial score (nSPS) is 11.0. The number of hydrogen-bond donors (Lipinski definition) is 1. The monoisotopic (exact) mass is 501 g/mol. The standard InChI is InChI=1S/C29H28ClN3O3/c1-20-7-4-5-10-26(20)36-19-24-16-22(11-13-27(24)35-3)12-14-29(34)31-28-15-21(2)33(32-28)18-23-8-6-9-25(30)17-23/h4-17H,18-19H2,1-3H3,(H,31,32,34)/b14-12+. The van der Waals surface area contributed by atoms with Crippen molar-refractivity contribution >= 4 is 29.4 Å². The van der Waals surface area contributed by atoms with Crippen LogP contribution in [0.25, 0.3) is 6.08 Å². The fraction of sp³-hybridized carbons (Fsp3) is 0.172. The largest absolute Gasteiger partial charge is 0.496 e. The number of aromatic nitrogens is 2. The van der Waals surface area contributed by atoms with Gasteiger partial charge in [0.05, 0.1) is 13.7 Å². The number of para-hydroxylation sites is 1. The molecule has 0 fully saturated rings. The van der Waals surface area contributed by atoms with Gasteiger partial charge in [0.2, 0.25) is 5.91 Å². The summed E-state index contributed by atoms with van der Waals surface area (Å²) >= 11 is 6.08. The van der Waals surface area contributed by atoms with E-state index in [0.29, 0.717) is 24.0 Å². The van der Waals surface area contributed by atoms with Crippen molar-refractivity contribution in [1.82, 2.24) is 9.78 Å². The van der Waals surface area contributed by atoms with Gasteiger partial charge in [-0.2, -0.15) is 5.10 Å². The van der Waals surface area contributed by atoms with Gasteiger partial charge < -0.3 is 14.8 Å². The highest BCUT2D eigenvalue weighted by Gasteiger charge is 2.09. The Morgan fingerprint density at radius 2 is 1.86 bits per heavy atom. The number of anilines is 1. The zero-order valence-electron chi connectivity index (χ0n) is 20.5. The molecule has 4 aromatic rings. The van der Waals surface area contributed by atoms with E-state index < -0.39 is 0 Å². The zero-order valence-corrected chi connectivity index (χ0v) is 21.3. The lowest BCUT2D eigenvalue weighted by Crippen LogP contribution is -2.09.